The third-order valence-electron chi connectivity index (χ3n) is 3.14. The van der Waals surface area contributed by atoms with E-state index in [4.69, 9.17) is 27.9 Å². The van der Waals surface area contributed by atoms with Crippen LogP contribution in [-0.2, 0) is 11.3 Å². The van der Waals surface area contributed by atoms with Gasteiger partial charge in [0.25, 0.3) is 5.91 Å². The van der Waals surface area contributed by atoms with Crippen LogP contribution < -0.4 is 4.74 Å². The van der Waals surface area contributed by atoms with Crippen molar-refractivity contribution < 1.29 is 9.53 Å². The van der Waals surface area contributed by atoms with E-state index in [1.165, 1.54) is 0 Å². The van der Waals surface area contributed by atoms with E-state index in [1.807, 2.05) is 18.2 Å². The molecule has 116 valence electrons. The van der Waals surface area contributed by atoms with E-state index in [0.29, 0.717) is 22.3 Å². The number of rotatable bonds is 5. The first-order chi connectivity index (χ1) is 10.5. The maximum atomic E-state index is 12.4. The monoisotopic (exact) mass is 337 g/mol. The Morgan fingerprint density at radius 3 is 2.41 bits per heavy atom. The van der Waals surface area contributed by atoms with E-state index in [0.717, 1.165) is 5.56 Å². The Labute approximate surface area is 140 Å². The number of hydrogen-bond donors (Lipinski definition) is 0. The molecule has 0 fully saturated rings. The van der Waals surface area contributed by atoms with Crippen LogP contribution in [0, 0.1) is 0 Å². The molecular formula is C17H17Cl2NO2. The van der Waals surface area contributed by atoms with Gasteiger partial charge in [-0.2, -0.15) is 0 Å². The summed E-state index contributed by atoms with van der Waals surface area (Å²) in [5.41, 5.74) is 0.971. The van der Waals surface area contributed by atoms with Crippen molar-refractivity contribution in [3.63, 3.8) is 0 Å². The number of carbonyl (C=O) groups excluding carboxylic acids is 1. The van der Waals surface area contributed by atoms with Crippen LogP contribution in [0.15, 0.2) is 48.5 Å². The molecule has 2 rings (SSSR count). The van der Waals surface area contributed by atoms with Crippen LogP contribution in [0.1, 0.15) is 12.5 Å². The molecular weight excluding hydrogens is 321 g/mol. The molecule has 0 aliphatic heterocycles. The molecule has 0 saturated heterocycles. The lowest BCUT2D eigenvalue weighted by molar-refractivity contribution is -0.137. The molecule has 0 radical (unpaired) electrons. The summed E-state index contributed by atoms with van der Waals surface area (Å²) in [5, 5.41) is 1.23. The highest BCUT2D eigenvalue weighted by molar-refractivity contribution is 6.30. The van der Waals surface area contributed by atoms with Gasteiger partial charge in [-0.05, 0) is 42.8 Å². The quantitative estimate of drug-likeness (QED) is 0.808. The first-order valence-electron chi connectivity index (χ1n) is 6.87. The SMILES string of the molecule is CC(Oc1cccc(Cl)c1)C(=O)N(C)Cc1cccc(Cl)c1. The van der Waals surface area contributed by atoms with E-state index in [2.05, 4.69) is 0 Å². The van der Waals surface area contributed by atoms with Crippen molar-refractivity contribution in [1.29, 1.82) is 0 Å². The van der Waals surface area contributed by atoms with Gasteiger partial charge >= 0.3 is 0 Å². The first-order valence-corrected chi connectivity index (χ1v) is 7.63. The summed E-state index contributed by atoms with van der Waals surface area (Å²) in [6, 6.07) is 14.4. The molecule has 2 aromatic rings. The van der Waals surface area contributed by atoms with Crippen molar-refractivity contribution >= 4 is 29.1 Å². The summed E-state index contributed by atoms with van der Waals surface area (Å²) < 4.78 is 5.64. The fourth-order valence-corrected chi connectivity index (χ4v) is 2.49. The second-order valence-corrected chi connectivity index (χ2v) is 5.91. The van der Waals surface area contributed by atoms with E-state index in [1.54, 1.807) is 49.2 Å². The molecule has 0 bridgehead atoms. The zero-order valence-corrected chi connectivity index (χ0v) is 13.9. The minimum absolute atomic E-state index is 0.111. The van der Waals surface area contributed by atoms with Crippen LogP contribution in [0.2, 0.25) is 10.0 Å². The normalized spacial score (nSPS) is 11.8. The molecule has 1 atom stereocenters. The van der Waals surface area contributed by atoms with Gasteiger partial charge in [0.05, 0.1) is 0 Å². The molecule has 22 heavy (non-hydrogen) atoms. The van der Waals surface area contributed by atoms with Crippen LogP contribution in [-0.4, -0.2) is 24.0 Å². The Balaban J connectivity index is 1.97. The van der Waals surface area contributed by atoms with Crippen molar-refractivity contribution in [3.05, 3.63) is 64.1 Å². The number of likely N-dealkylation sites (N-methyl/N-ethyl adjacent to an activating group) is 1. The average Bonchev–Trinajstić information content (AvgIpc) is 2.46. The zero-order chi connectivity index (χ0) is 16.1. The van der Waals surface area contributed by atoms with Gasteiger partial charge in [0.15, 0.2) is 6.10 Å². The van der Waals surface area contributed by atoms with Crippen LogP contribution in [0.5, 0.6) is 5.75 Å². The van der Waals surface area contributed by atoms with E-state index in [9.17, 15) is 4.79 Å². The molecule has 0 aliphatic rings. The minimum atomic E-state index is -0.595. The molecule has 0 N–H and O–H groups in total. The fourth-order valence-electron chi connectivity index (χ4n) is 2.09. The number of benzene rings is 2. The van der Waals surface area contributed by atoms with Crippen LogP contribution in [0.25, 0.3) is 0 Å². The molecule has 0 aliphatic carbocycles. The van der Waals surface area contributed by atoms with E-state index in [-0.39, 0.29) is 5.91 Å². The van der Waals surface area contributed by atoms with Crippen molar-refractivity contribution in [3.8, 4) is 5.75 Å². The van der Waals surface area contributed by atoms with Gasteiger partial charge in [0.1, 0.15) is 5.75 Å². The summed E-state index contributed by atoms with van der Waals surface area (Å²) in [7, 11) is 1.74. The Morgan fingerprint density at radius 2 is 1.77 bits per heavy atom. The van der Waals surface area contributed by atoms with Crippen molar-refractivity contribution in [2.45, 2.75) is 19.6 Å². The number of halogens is 2. The number of nitrogens with zero attached hydrogens (tertiary/aromatic N) is 1. The van der Waals surface area contributed by atoms with Gasteiger partial charge in [0, 0.05) is 23.6 Å². The summed E-state index contributed by atoms with van der Waals surface area (Å²) in [5.74, 6) is 0.462. The summed E-state index contributed by atoms with van der Waals surface area (Å²) in [6.07, 6.45) is -0.595. The van der Waals surface area contributed by atoms with Crippen LogP contribution in [0.3, 0.4) is 0 Å². The molecule has 1 unspecified atom stereocenters. The van der Waals surface area contributed by atoms with Crippen LogP contribution >= 0.6 is 23.2 Å². The zero-order valence-electron chi connectivity index (χ0n) is 12.4. The second-order valence-electron chi connectivity index (χ2n) is 5.04. The maximum absolute atomic E-state index is 12.4. The molecule has 1 amide bonds. The fraction of sp³-hybridized carbons (Fsp3) is 0.235. The van der Waals surface area contributed by atoms with Crippen molar-refractivity contribution in [2.24, 2.45) is 0 Å². The molecule has 2 aromatic carbocycles. The highest BCUT2D eigenvalue weighted by Crippen LogP contribution is 2.19. The number of ether oxygens (including phenoxy) is 1. The molecule has 0 aromatic heterocycles. The van der Waals surface area contributed by atoms with Gasteiger partial charge in [-0.3, -0.25) is 4.79 Å². The number of carbonyl (C=O) groups is 1. The van der Waals surface area contributed by atoms with E-state index >= 15 is 0 Å². The smallest absolute Gasteiger partial charge is 0.263 e. The van der Waals surface area contributed by atoms with Crippen LogP contribution in [0.4, 0.5) is 0 Å². The molecule has 0 heterocycles. The lowest BCUT2D eigenvalue weighted by Crippen LogP contribution is -2.37. The van der Waals surface area contributed by atoms with Crippen molar-refractivity contribution in [1.82, 2.24) is 4.90 Å². The predicted octanol–water partition coefficient (Wildman–Crippen LogP) is 4.42. The molecule has 0 spiro atoms. The Kier molecular flexibility index (Phi) is 5.69. The topological polar surface area (TPSA) is 29.5 Å². The lowest BCUT2D eigenvalue weighted by Gasteiger charge is -2.22. The standard InChI is InChI=1S/C17H17Cl2NO2/c1-12(22-16-8-4-7-15(19)10-16)17(21)20(2)11-13-5-3-6-14(18)9-13/h3-10,12H,11H2,1-2H3. The number of amides is 1. The second kappa shape index (κ2) is 7.52. The largest absolute Gasteiger partial charge is 0.481 e. The molecule has 5 heteroatoms. The van der Waals surface area contributed by atoms with Gasteiger partial charge in [-0.25, -0.2) is 0 Å². The lowest BCUT2D eigenvalue weighted by atomic mass is 10.2. The average molecular weight is 338 g/mol. The van der Waals surface area contributed by atoms with E-state index < -0.39 is 6.10 Å². The summed E-state index contributed by atoms with van der Waals surface area (Å²) >= 11 is 11.9. The summed E-state index contributed by atoms with van der Waals surface area (Å²) in [4.78, 5) is 14.0. The van der Waals surface area contributed by atoms with Gasteiger partial charge in [-0.1, -0.05) is 41.4 Å². The highest BCUT2D eigenvalue weighted by Gasteiger charge is 2.19. The van der Waals surface area contributed by atoms with Crippen molar-refractivity contribution in [2.75, 3.05) is 7.05 Å². The molecule has 3 nitrogen and oxygen atoms in total. The third kappa shape index (κ3) is 4.65. The van der Waals surface area contributed by atoms with Gasteiger partial charge in [0.2, 0.25) is 0 Å². The minimum Gasteiger partial charge on any atom is -0.481 e. The Bertz CT molecular complexity index is 605. The Morgan fingerprint density at radius 1 is 1.14 bits per heavy atom. The first kappa shape index (κ1) is 16.7. The summed E-state index contributed by atoms with van der Waals surface area (Å²) in [6.45, 7) is 2.19. The number of hydrogen-bond acceptors (Lipinski definition) is 2. The molecule has 0 saturated carbocycles. The predicted molar refractivity (Wildman–Crippen MR) is 89.5 cm³/mol. The van der Waals surface area contributed by atoms with Gasteiger partial charge in [-0.15, -0.1) is 0 Å². The van der Waals surface area contributed by atoms with Gasteiger partial charge < -0.3 is 9.64 Å². The Hall–Kier alpha value is -1.71. The highest BCUT2D eigenvalue weighted by atomic mass is 35.5. The third-order valence-corrected chi connectivity index (χ3v) is 3.61. The maximum Gasteiger partial charge on any atom is 0.263 e.